The smallest absolute Gasteiger partial charge is 0.272 e. The molecule has 4 rings (SSSR count). The van der Waals surface area contributed by atoms with Gasteiger partial charge in [0.1, 0.15) is 0 Å². The number of rotatable bonds is 5. The molecule has 4 aromatic rings. The summed E-state index contributed by atoms with van der Waals surface area (Å²) in [5, 5.41) is 3.12. The van der Waals surface area contributed by atoms with Crippen LogP contribution in [-0.4, -0.2) is 28.8 Å². The first-order valence-corrected chi connectivity index (χ1v) is 8.98. The molecule has 0 aliphatic heterocycles. The number of aromatic nitrogens is 3. The Bertz CT molecular complexity index is 1190. The molecule has 0 aliphatic carbocycles. The number of fused-ring (bicyclic) bond motifs is 1. The SMILES string of the molecule is COc1ccc(-c2c(C)[nH]n3c(=O)cc(Cc4ccccc4)nc23)cc1OC. The second kappa shape index (κ2) is 7.23. The van der Waals surface area contributed by atoms with Gasteiger partial charge in [0.25, 0.3) is 5.56 Å². The molecule has 28 heavy (non-hydrogen) atoms. The van der Waals surface area contributed by atoms with Crippen LogP contribution in [0.25, 0.3) is 16.8 Å². The fourth-order valence-electron chi connectivity index (χ4n) is 3.43. The molecule has 2 aromatic carbocycles. The van der Waals surface area contributed by atoms with Crippen molar-refractivity contribution in [1.29, 1.82) is 0 Å². The molecule has 0 bridgehead atoms. The fourth-order valence-corrected chi connectivity index (χ4v) is 3.43. The highest BCUT2D eigenvalue weighted by molar-refractivity contribution is 5.81. The van der Waals surface area contributed by atoms with Crippen LogP contribution in [0.3, 0.4) is 0 Å². The van der Waals surface area contributed by atoms with Crippen molar-refractivity contribution < 1.29 is 9.47 Å². The average molecular weight is 375 g/mol. The minimum atomic E-state index is -0.134. The predicted molar refractivity (Wildman–Crippen MR) is 108 cm³/mol. The van der Waals surface area contributed by atoms with E-state index in [1.807, 2.05) is 55.5 Å². The Morgan fingerprint density at radius 1 is 1.00 bits per heavy atom. The standard InChI is InChI=1S/C22H21N3O3/c1-14-21(16-9-10-18(27-2)19(12-16)28-3)22-23-17(13-20(26)25(22)24-14)11-15-7-5-4-6-8-15/h4-10,12-13,24H,11H2,1-3H3. The zero-order chi connectivity index (χ0) is 19.7. The number of hydrogen-bond donors (Lipinski definition) is 1. The van der Waals surface area contributed by atoms with Crippen LogP contribution in [0.4, 0.5) is 0 Å². The highest BCUT2D eigenvalue weighted by Gasteiger charge is 2.16. The molecule has 0 fully saturated rings. The van der Waals surface area contributed by atoms with Gasteiger partial charge in [0, 0.05) is 23.7 Å². The summed E-state index contributed by atoms with van der Waals surface area (Å²) < 4.78 is 12.2. The molecule has 2 aromatic heterocycles. The number of nitrogens with zero attached hydrogens (tertiary/aromatic N) is 2. The molecule has 0 unspecified atom stereocenters. The zero-order valence-electron chi connectivity index (χ0n) is 16.0. The quantitative estimate of drug-likeness (QED) is 0.579. The van der Waals surface area contributed by atoms with Crippen LogP contribution >= 0.6 is 0 Å². The maximum Gasteiger partial charge on any atom is 0.272 e. The Labute approximate surface area is 162 Å². The Balaban J connectivity index is 1.87. The number of H-pyrrole nitrogens is 1. The third kappa shape index (κ3) is 3.13. The molecule has 6 heteroatoms. The van der Waals surface area contributed by atoms with Crippen LogP contribution in [0, 0.1) is 6.92 Å². The van der Waals surface area contributed by atoms with Gasteiger partial charge in [0.15, 0.2) is 17.1 Å². The maximum absolute atomic E-state index is 12.7. The van der Waals surface area contributed by atoms with Gasteiger partial charge >= 0.3 is 0 Å². The van der Waals surface area contributed by atoms with Gasteiger partial charge in [0.2, 0.25) is 0 Å². The van der Waals surface area contributed by atoms with E-state index in [-0.39, 0.29) is 5.56 Å². The van der Waals surface area contributed by atoms with Crippen LogP contribution < -0.4 is 15.0 Å². The number of aryl methyl sites for hydroxylation is 1. The van der Waals surface area contributed by atoms with Crippen molar-refractivity contribution in [2.75, 3.05) is 14.2 Å². The number of ether oxygens (including phenoxy) is 2. The molecule has 0 saturated heterocycles. The zero-order valence-corrected chi connectivity index (χ0v) is 16.0. The van der Waals surface area contributed by atoms with Crippen LogP contribution in [0.2, 0.25) is 0 Å². The van der Waals surface area contributed by atoms with Crippen LogP contribution in [0.15, 0.2) is 59.4 Å². The Morgan fingerprint density at radius 3 is 2.46 bits per heavy atom. The summed E-state index contributed by atoms with van der Waals surface area (Å²) in [6.45, 7) is 1.93. The van der Waals surface area contributed by atoms with Crippen LogP contribution in [0.5, 0.6) is 11.5 Å². The molecular weight excluding hydrogens is 354 g/mol. The molecule has 0 saturated carbocycles. The lowest BCUT2D eigenvalue weighted by Crippen LogP contribution is -2.15. The molecule has 0 radical (unpaired) electrons. The van der Waals surface area contributed by atoms with E-state index in [1.54, 1.807) is 20.3 Å². The number of nitrogens with one attached hydrogen (secondary N) is 1. The van der Waals surface area contributed by atoms with Crippen molar-refractivity contribution in [1.82, 2.24) is 14.6 Å². The lowest BCUT2D eigenvalue weighted by molar-refractivity contribution is 0.355. The average Bonchev–Trinajstić information content (AvgIpc) is 3.04. The van der Waals surface area contributed by atoms with Crippen molar-refractivity contribution in [2.45, 2.75) is 13.3 Å². The summed E-state index contributed by atoms with van der Waals surface area (Å²) >= 11 is 0. The highest BCUT2D eigenvalue weighted by atomic mass is 16.5. The summed E-state index contributed by atoms with van der Waals surface area (Å²) in [5.74, 6) is 1.28. The molecule has 1 N–H and O–H groups in total. The van der Waals surface area contributed by atoms with Gasteiger partial charge in [-0.1, -0.05) is 36.4 Å². The van der Waals surface area contributed by atoms with Crippen LogP contribution in [-0.2, 0) is 6.42 Å². The van der Waals surface area contributed by atoms with Crippen LogP contribution in [0.1, 0.15) is 17.0 Å². The topological polar surface area (TPSA) is 68.6 Å². The van der Waals surface area contributed by atoms with E-state index < -0.39 is 0 Å². The van der Waals surface area contributed by atoms with Gasteiger partial charge in [-0.3, -0.25) is 9.89 Å². The molecule has 2 heterocycles. The largest absolute Gasteiger partial charge is 0.493 e. The monoisotopic (exact) mass is 375 g/mol. The first-order chi connectivity index (χ1) is 13.6. The number of aromatic amines is 1. The first kappa shape index (κ1) is 17.9. The van der Waals surface area contributed by atoms with E-state index in [0.717, 1.165) is 28.1 Å². The summed E-state index contributed by atoms with van der Waals surface area (Å²) in [5.41, 5.74) is 4.93. The normalized spacial score (nSPS) is 11.0. The van der Waals surface area contributed by atoms with Crippen molar-refractivity contribution in [3.63, 3.8) is 0 Å². The van der Waals surface area contributed by atoms with E-state index in [9.17, 15) is 4.79 Å². The van der Waals surface area contributed by atoms with E-state index in [1.165, 1.54) is 4.52 Å². The minimum absolute atomic E-state index is 0.134. The lowest BCUT2D eigenvalue weighted by atomic mass is 10.1. The number of hydrogen-bond acceptors (Lipinski definition) is 4. The maximum atomic E-state index is 12.7. The van der Waals surface area contributed by atoms with E-state index in [0.29, 0.717) is 23.6 Å². The molecule has 142 valence electrons. The fraction of sp³-hybridized carbons (Fsp3) is 0.182. The molecule has 6 nitrogen and oxygen atoms in total. The molecular formula is C22H21N3O3. The highest BCUT2D eigenvalue weighted by Crippen LogP contribution is 2.34. The van der Waals surface area contributed by atoms with Gasteiger partial charge in [-0.15, -0.1) is 0 Å². The van der Waals surface area contributed by atoms with Gasteiger partial charge in [0.05, 0.1) is 19.9 Å². The number of methoxy groups -OCH3 is 2. The van der Waals surface area contributed by atoms with Crippen molar-refractivity contribution in [3.8, 4) is 22.6 Å². The van der Waals surface area contributed by atoms with Crippen molar-refractivity contribution in [2.24, 2.45) is 0 Å². The Kier molecular flexibility index (Phi) is 4.61. The Morgan fingerprint density at radius 2 is 1.75 bits per heavy atom. The number of benzene rings is 2. The summed E-state index contributed by atoms with van der Waals surface area (Å²) in [6, 6.07) is 17.3. The van der Waals surface area contributed by atoms with Gasteiger partial charge in [-0.2, -0.15) is 0 Å². The van der Waals surface area contributed by atoms with Crippen molar-refractivity contribution in [3.05, 3.63) is 81.9 Å². The second-order valence-corrected chi connectivity index (χ2v) is 6.59. The summed E-state index contributed by atoms with van der Waals surface area (Å²) in [7, 11) is 3.20. The third-order valence-electron chi connectivity index (χ3n) is 4.75. The predicted octanol–water partition coefficient (Wildman–Crippen LogP) is 3.61. The minimum Gasteiger partial charge on any atom is -0.493 e. The molecule has 0 spiro atoms. The Hall–Kier alpha value is -3.54. The van der Waals surface area contributed by atoms with E-state index in [4.69, 9.17) is 14.5 Å². The van der Waals surface area contributed by atoms with Gasteiger partial charge in [-0.25, -0.2) is 9.50 Å². The van der Waals surface area contributed by atoms with Gasteiger partial charge in [-0.05, 0) is 30.2 Å². The molecule has 0 amide bonds. The van der Waals surface area contributed by atoms with E-state index >= 15 is 0 Å². The molecule has 0 aliphatic rings. The molecule has 0 atom stereocenters. The summed E-state index contributed by atoms with van der Waals surface area (Å²) in [4.78, 5) is 17.4. The summed E-state index contributed by atoms with van der Waals surface area (Å²) in [6.07, 6.45) is 0.599. The third-order valence-corrected chi connectivity index (χ3v) is 4.75. The first-order valence-electron chi connectivity index (χ1n) is 8.98. The lowest BCUT2D eigenvalue weighted by Gasteiger charge is -2.09. The second-order valence-electron chi connectivity index (χ2n) is 6.59. The van der Waals surface area contributed by atoms with Gasteiger partial charge < -0.3 is 9.47 Å². The van der Waals surface area contributed by atoms with E-state index in [2.05, 4.69) is 5.10 Å². The van der Waals surface area contributed by atoms with Crippen molar-refractivity contribution >= 4 is 5.65 Å².